The van der Waals surface area contributed by atoms with Crippen LogP contribution in [-0.2, 0) is 24.7 Å². The lowest BCUT2D eigenvalue weighted by atomic mass is 10.1. The van der Waals surface area contributed by atoms with Gasteiger partial charge in [-0.3, -0.25) is 4.79 Å². The number of hydrogen-bond acceptors (Lipinski definition) is 5. The van der Waals surface area contributed by atoms with Crippen LogP contribution >= 0.6 is 0 Å². The maximum atomic E-state index is 11.8. The van der Waals surface area contributed by atoms with Gasteiger partial charge < -0.3 is 5.11 Å². The quantitative estimate of drug-likeness (QED) is 0.581. The minimum Gasteiger partial charge on any atom is -0.481 e. The zero-order valence-corrected chi connectivity index (χ0v) is 12.9. The molecule has 0 aromatic carbocycles. The Kier molecular flexibility index (Phi) is 6.41. The van der Waals surface area contributed by atoms with Gasteiger partial charge in [-0.05, 0) is 19.3 Å². The number of unbranched alkanes of at least 4 members (excludes halogenated alkanes) is 3. The summed E-state index contributed by atoms with van der Waals surface area (Å²) in [6.45, 7) is 0.270. The molecule has 1 atom stereocenters. The average Bonchev–Trinajstić information content (AvgIpc) is 2.69. The van der Waals surface area contributed by atoms with E-state index in [-0.39, 0.29) is 30.9 Å². The molecule has 0 bridgehead atoms. The van der Waals surface area contributed by atoms with Crippen LogP contribution in [0.15, 0.2) is 0 Å². The number of hydrogen-bond donors (Lipinski definition) is 2. The maximum Gasteiger partial charge on any atom is 0.303 e. The lowest BCUT2D eigenvalue weighted by Crippen LogP contribution is -2.35. The van der Waals surface area contributed by atoms with Crippen LogP contribution < -0.4 is 4.72 Å². The van der Waals surface area contributed by atoms with Crippen molar-refractivity contribution in [2.24, 2.45) is 0 Å². The molecule has 1 aliphatic heterocycles. The van der Waals surface area contributed by atoms with Gasteiger partial charge in [0.2, 0.25) is 10.0 Å². The molecule has 0 aromatic rings. The van der Waals surface area contributed by atoms with Crippen molar-refractivity contribution in [3.8, 4) is 0 Å². The van der Waals surface area contributed by atoms with Gasteiger partial charge in [0.1, 0.15) is 0 Å². The highest BCUT2D eigenvalue weighted by Gasteiger charge is 2.36. The molecule has 0 aliphatic carbocycles. The van der Waals surface area contributed by atoms with Crippen molar-refractivity contribution in [2.75, 3.05) is 18.1 Å². The summed E-state index contributed by atoms with van der Waals surface area (Å²) >= 11 is 0. The first-order valence-electron chi connectivity index (χ1n) is 6.64. The molecule has 1 unspecified atom stereocenters. The number of carboxylic acids is 1. The molecular weight excluding hydrogens is 306 g/mol. The predicted molar refractivity (Wildman–Crippen MR) is 74.7 cm³/mol. The third kappa shape index (κ3) is 6.19. The molecule has 1 saturated heterocycles. The van der Waals surface area contributed by atoms with Crippen molar-refractivity contribution >= 4 is 25.8 Å². The van der Waals surface area contributed by atoms with E-state index in [9.17, 15) is 21.6 Å². The highest BCUT2D eigenvalue weighted by Crippen LogP contribution is 2.18. The molecule has 1 rings (SSSR count). The van der Waals surface area contributed by atoms with Gasteiger partial charge in [0.15, 0.2) is 9.84 Å². The number of sulfonamides is 1. The first kappa shape index (κ1) is 17.4. The molecule has 7 nitrogen and oxygen atoms in total. The Labute approximate surface area is 119 Å². The van der Waals surface area contributed by atoms with Crippen LogP contribution in [0.2, 0.25) is 0 Å². The van der Waals surface area contributed by atoms with Crippen LogP contribution in [0.25, 0.3) is 0 Å². The Morgan fingerprint density at radius 2 is 1.85 bits per heavy atom. The predicted octanol–water partition coefficient (Wildman–Crippen LogP) is 0.128. The second-order valence-corrected chi connectivity index (χ2v) is 9.30. The highest BCUT2D eigenvalue weighted by atomic mass is 32.2. The zero-order chi connectivity index (χ0) is 15.2. The Morgan fingerprint density at radius 1 is 1.20 bits per heavy atom. The molecule has 118 valence electrons. The van der Waals surface area contributed by atoms with E-state index in [4.69, 9.17) is 5.11 Å². The van der Waals surface area contributed by atoms with Crippen molar-refractivity contribution in [1.29, 1.82) is 0 Å². The first-order chi connectivity index (χ1) is 9.23. The summed E-state index contributed by atoms with van der Waals surface area (Å²) in [6.07, 6.45) is 2.99. The Balaban J connectivity index is 2.19. The van der Waals surface area contributed by atoms with Gasteiger partial charge in [-0.1, -0.05) is 12.8 Å². The van der Waals surface area contributed by atoms with Crippen LogP contribution in [0.4, 0.5) is 0 Å². The Morgan fingerprint density at radius 3 is 2.40 bits per heavy atom. The third-order valence-electron chi connectivity index (χ3n) is 3.25. The largest absolute Gasteiger partial charge is 0.481 e. The van der Waals surface area contributed by atoms with Crippen LogP contribution in [0, 0.1) is 0 Å². The highest BCUT2D eigenvalue weighted by molar-refractivity contribution is 7.95. The van der Waals surface area contributed by atoms with E-state index in [1.807, 2.05) is 0 Å². The zero-order valence-electron chi connectivity index (χ0n) is 11.2. The standard InChI is InChI=1S/C11H21NO6S2/c13-11(14)5-3-1-2-4-7-12-20(17,18)10-6-8-19(15,16)9-10/h10,12H,1-9H2,(H,13,14). The lowest BCUT2D eigenvalue weighted by Gasteiger charge is -2.11. The summed E-state index contributed by atoms with van der Waals surface area (Å²) in [4.78, 5) is 10.3. The van der Waals surface area contributed by atoms with Crippen molar-refractivity contribution in [3.63, 3.8) is 0 Å². The summed E-state index contributed by atoms with van der Waals surface area (Å²) in [7, 11) is -6.76. The van der Waals surface area contributed by atoms with Gasteiger partial charge in [-0.2, -0.15) is 0 Å². The number of aliphatic carboxylic acids is 1. The molecule has 9 heteroatoms. The fourth-order valence-corrected chi connectivity index (χ4v) is 6.22. The topological polar surface area (TPSA) is 118 Å². The van der Waals surface area contributed by atoms with Crippen molar-refractivity contribution in [2.45, 2.75) is 43.8 Å². The average molecular weight is 327 g/mol. The first-order valence-corrected chi connectivity index (χ1v) is 10.0. The van der Waals surface area contributed by atoms with Crippen LogP contribution in [0.5, 0.6) is 0 Å². The van der Waals surface area contributed by atoms with E-state index < -0.39 is 31.1 Å². The van der Waals surface area contributed by atoms with Gasteiger partial charge in [0.25, 0.3) is 0 Å². The number of nitrogens with one attached hydrogen (secondary N) is 1. The van der Waals surface area contributed by atoms with E-state index in [1.165, 1.54) is 0 Å². The molecule has 1 heterocycles. The van der Waals surface area contributed by atoms with Crippen LogP contribution in [0.3, 0.4) is 0 Å². The summed E-state index contributed by atoms with van der Waals surface area (Å²) in [5.74, 6) is -1.18. The molecule has 0 aromatic heterocycles. The molecule has 0 spiro atoms. The molecule has 0 radical (unpaired) electrons. The fourth-order valence-electron chi connectivity index (χ4n) is 2.09. The second-order valence-electron chi connectivity index (χ2n) is 5.02. The van der Waals surface area contributed by atoms with Crippen LogP contribution in [0.1, 0.15) is 38.5 Å². The van der Waals surface area contributed by atoms with E-state index >= 15 is 0 Å². The van der Waals surface area contributed by atoms with E-state index in [1.54, 1.807) is 0 Å². The van der Waals surface area contributed by atoms with E-state index in [2.05, 4.69) is 4.72 Å². The fraction of sp³-hybridized carbons (Fsp3) is 0.909. The number of carbonyl (C=O) groups is 1. The van der Waals surface area contributed by atoms with E-state index in [0.717, 1.165) is 12.8 Å². The number of carboxylic acid groups (broad SMARTS) is 1. The molecule has 1 aliphatic rings. The molecule has 20 heavy (non-hydrogen) atoms. The number of sulfone groups is 1. The minimum absolute atomic E-state index is 0.0617. The van der Waals surface area contributed by atoms with Crippen molar-refractivity contribution in [1.82, 2.24) is 4.72 Å². The number of rotatable bonds is 9. The smallest absolute Gasteiger partial charge is 0.303 e. The van der Waals surface area contributed by atoms with Gasteiger partial charge in [-0.25, -0.2) is 21.6 Å². The Bertz CT molecular complexity index is 525. The SMILES string of the molecule is O=C(O)CCCCCCNS(=O)(=O)C1CCS(=O)(=O)C1. The summed E-state index contributed by atoms with van der Waals surface area (Å²) in [5, 5.41) is 7.61. The lowest BCUT2D eigenvalue weighted by molar-refractivity contribution is -0.137. The van der Waals surface area contributed by atoms with Crippen LogP contribution in [-0.4, -0.2) is 51.2 Å². The van der Waals surface area contributed by atoms with Crippen molar-refractivity contribution in [3.05, 3.63) is 0 Å². The molecule has 0 amide bonds. The van der Waals surface area contributed by atoms with Crippen molar-refractivity contribution < 1.29 is 26.7 Å². The summed E-state index contributed by atoms with van der Waals surface area (Å²) < 4.78 is 48.6. The minimum atomic E-state index is -3.56. The summed E-state index contributed by atoms with van der Waals surface area (Å²) in [5.41, 5.74) is 0. The second kappa shape index (κ2) is 7.37. The molecular formula is C11H21NO6S2. The van der Waals surface area contributed by atoms with E-state index in [0.29, 0.717) is 12.8 Å². The molecule has 2 N–H and O–H groups in total. The normalized spacial score (nSPS) is 21.9. The Hall–Kier alpha value is -0.670. The molecule has 1 fully saturated rings. The monoisotopic (exact) mass is 327 g/mol. The molecule has 0 saturated carbocycles. The third-order valence-corrected chi connectivity index (χ3v) is 7.12. The summed E-state index contributed by atoms with van der Waals surface area (Å²) in [6, 6.07) is 0. The van der Waals surface area contributed by atoms with Gasteiger partial charge in [0.05, 0.1) is 16.8 Å². The maximum absolute atomic E-state index is 11.8. The van der Waals surface area contributed by atoms with Gasteiger partial charge in [-0.15, -0.1) is 0 Å². The van der Waals surface area contributed by atoms with Gasteiger partial charge >= 0.3 is 5.97 Å². The van der Waals surface area contributed by atoms with Gasteiger partial charge in [0, 0.05) is 13.0 Å².